The van der Waals surface area contributed by atoms with Gasteiger partial charge < -0.3 is 5.11 Å². The highest BCUT2D eigenvalue weighted by Gasteiger charge is 2.40. The van der Waals surface area contributed by atoms with E-state index in [0.717, 1.165) is 0 Å². The molecular weight excluding hydrogens is 146 g/mol. The van der Waals surface area contributed by atoms with Crippen molar-refractivity contribution in [3.05, 3.63) is 0 Å². The van der Waals surface area contributed by atoms with Crippen molar-refractivity contribution in [1.82, 2.24) is 0 Å². The summed E-state index contributed by atoms with van der Waals surface area (Å²) in [6, 6.07) is 0. The maximum Gasteiger partial charge on any atom is 0.275 e. The van der Waals surface area contributed by atoms with E-state index in [1.54, 1.807) is 0 Å². The number of aliphatic hydroxyl groups is 1. The van der Waals surface area contributed by atoms with Gasteiger partial charge in [0.05, 0.1) is 0 Å². The summed E-state index contributed by atoms with van der Waals surface area (Å²) >= 11 is 1.38. The van der Waals surface area contributed by atoms with Gasteiger partial charge in [-0.05, 0) is 5.75 Å². The first-order chi connectivity index (χ1) is 4.13. The average Bonchev–Trinajstić information content (AvgIpc) is 1.77. The Hall–Kier alpha value is 0.170. The Labute approximate surface area is 56.4 Å². The predicted molar refractivity (Wildman–Crippen MR) is 32.9 cm³/mol. The van der Waals surface area contributed by atoms with Gasteiger partial charge in [0, 0.05) is 12.2 Å². The van der Waals surface area contributed by atoms with Crippen LogP contribution in [-0.4, -0.2) is 28.6 Å². The van der Waals surface area contributed by atoms with Crippen LogP contribution in [0.15, 0.2) is 0 Å². The van der Waals surface area contributed by atoms with Crippen LogP contribution in [0.3, 0.4) is 0 Å². The molecule has 0 aromatic heterocycles. The van der Waals surface area contributed by atoms with E-state index in [4.69, 9.17) is 5.11 Å². The van der Waals surface area contributed by atoms with Crippen molar-refractivity contribution in [2.75, 3.05) is 11.5 Å². The molecule has 1 saturated heterocycles. The van der Waals surface area contributed by atoms with Gasteiger partial charge in [-0.25, -0.2) is 8.78 Å². The van der Waals surface area contributed by atoms with Crippen LogP contribution in [0.4, 0.5) is 8.78 Å². The molecular formula is C5H8F2OS. The Bertz CT molecular complexity index is 107. The summed E-state index contributed by atoms with van der Waals surface area (Å²) < 4.78 is 24.7. The molecule has 0 radical (unpaired) electrons. The van der Waals surface area contributed by atoms with Gasteiger partial charge in [0.2, 0.25) is 0 Å². The van der Waals surface area contributed by atoms with Crippen LogP contribution in [-0.2, 0) is 0 Å². The quantitative estimate of drug-likeness (QED) is 0.564. The van der Waals surface area contributed by atoms with Crippen molar-refractivity contribution in [3.63, 3.8) is 0 Å². The molecule has 0 aromatic rings. The Kier molecular flexibility index (Phi) is 1.96. The van der Waals surface area contributed by atoms with Gasteiger partial charge in [-0.2, -0.15) is 11.8 Å². The maximum absolute atomic E-state index is 12.3. The van der Waals surface area contributed by atoms with Gasteiger partial charge in [0.1, 0.15) is 6.10 Å². The summed E-state index contributed by atoms with van der Waals surface area (Å²) in [5, 5.41) is 8.67. The SMILES string of the molecule is OC1CSCCC1(F)F. The normalized spacial score (nSPS) is 34.3. The maximum atomic E-state index is 12.3. The van der Waals surface area contributed by atoms with E-state index >= 15 is 0 Å². The molecule has 4 heteroatoms. The van der Waals surface area contributed by atoms with Crippen molar-refractivity contribution in [2.45, 2.75) is 18.4 Å². The molecule has 1 atom stereocenters. The molecule has 9 heavy (non-hydrogen) atoms. The molecule has 0 amide bonds. The number of aliphatic hydroxyl groups excluding tert-OH is 1. The second kappa shape index (κ2) is 2.42. The molecule has 54 valence electrons. The Morgan fingerprint density at radius 3 is 2.56 bits per heavy atom. The van der Waals surface area contributed by atoms with E-state index in [9.17, 15) is 8.78 Å². The molecule has 1 fully saturated rings. The molecule has 1 unspecified atom stereocenters. The molecule has 1 N–H and O–H groups in total. The van der Waals surface area contributed by atoms with Gasteiger partial charge in [-0.1, -0.05) is 0 Å². The first-order valence-corrected chi connectivity index (χ1v) is 3.92. The van der Waals surface area contributed by atoms with E-state index in [-0.39, 0.29) is 12.2 Å². The van der Waals surface area contributed by atoms with Crippen LogP contribution in [0.1, 0.15) is 6.42 Å². The van der Waals surface area contributed by atoms with Crippen LogP contribution in [0.2, 0.25) is 0 Å². The number of hydrogen-bond acceptors (Lipinski definition) is 2. The minimum absolute atomic E-state index is 0.174. The molecule has 0 aliphatic carbocycles. The molecule has 1 nitrogen and oxygen atoms in total. The number of thioether (sulfide) groups is 1. The van der Waals surface area contributed by atoms with Gasteiger partial charge in [-0.3, -0.25) is 0 Å². The smallest absolute Gasteiger partial charge is 0.275 e. The summed E-state index contributed by atoms with van der Waals surface area (Å²) in [6.45, 7) is 0. The zero-order valence-corrected chi connectivity index (χ0v) is 5.63. The molecule has 0 spiro atoms. The fourth-order valence-electron chi connectivity index (χ4n) is 0.692. The Morgan fingerprint density at radius 1 is 1.56 bits per heavy atom. The van der Waals surface area contributed by atoms with Crippen LogP contribution >= 0.6 is 11.8 Å². The summed E-state index contributed by atoms with van der Waals surface area (Å²) in [6.07, 6.45) is -1.60. The first kappa shape index (κ1) is 7.28. The number of halogens is 2. The van der Waals surface area contributed by atoms with E-state index < -0.39 is 12.0 Å². The van der Waals surface area contributed by atoms with Crippen LogP contribution in [0, 0.1) is 0 Å². The lowest BCUT2D eigenvalue weighted by Gasteiger charge is -2.26. The fourth-order valence-corrected chi connectivity index (χ4v) is 1.74. The molecule has 1 aliphatic rings. The van der Waals surface area contributed by atoms with E-state index in [1.807, 2.05) is 0 Å². The monoisotopic (exact) mass is 154 g/mol. The molecule has 0 saturated carbocycles. The fraction of sp³-hybridized carbons (Fsp3) is 1.00. The molecule has 1 rings (SSSR count). The summed E-state index contributed by atoms with van der Waals surface area (Å²) in [7, 11) is 0. The van der Waals surface area contributed by atoms with E-state index in [2.05, 4.69) is 0 Å². The standard InChI is InChI=1S/C5H8F2OS/c6-5(7)1-2-9-3-4(5)8/h4,8H,1-3H2. The largest absolute Gasteiger partial charge is 0.386 e. The Balaban J connectivity index is 2.49. The highest BCUT2D eigenvalue weighted by Crippen LogP contribution is 2.31. The lowest BCUT2D eigenvalue weighted by molar-refractivity contribution is -0.101. The van der Waals surface area contributed by atoms with Crippen molar-refractivity contribution in [3.8, 4) is 0 Å². The summed E-state index contributed by atoms with van der Waals surface area (Å²) in [5.41, 5.74) is 0. The second-order valence-electron chi connectivity index (χ2n) is 2.10. The average molecular weight is 154 g/mol. The van der Waals surface area contributed by atoms with Crippen molar-refractivity contribution < 1.29 is 13.9 Å². The third-order valence-corrected chi connectivity index (χ3v) is 2.39. The highest BCUT2D eigenvalue weighted by molar-refractivity contribution is 7.99. The third-order valence-electron chi connectivity index (χ3n) is 1.34. The molecule has 0 aromatic carbocycles. The summed E-state index contributed by atoms with van der Waals surface area (Å²) in [4.78, 5) is 0. The van der Waals surface area contributed by atoms with Crippen LogP contribution in [0.25, 0.3) is 0 Å². The highest BCUT2D eigenvalue weighted by atomic mass is 32.2. The van der Waals surface area contributed by atoms with Crippen LogP contribution < -0.4 is 0 Å². The van der Waals surface area contributed by atoms with Crippen molar-refractivity contribution in [2.24, 2.45) is 0 Å². The van der Waals surface area contributed by atoms with Gasteiger partial charge >= 0.3 is 0 Å². The minimum Gasteiger partial charge on any atom is -0.386 e. The molecule has 1 aliphatic heterocycles. The van der Waals surface area contributed by atoms with E-state index in [0.29, 0.717) is 5.75 Å². The zero-order valence-electron chi connectivity index (χ0n) is 4.81. The van der Waals surface area contributed by atoms with Gasteiger partial charge in [0.25, 0.3) is 5.92 Å². The lowest BCUT2D eigenvalue weighted by Crippen LogP contribution is -2.39. The molecule has 0 bridgehead atoms. The van der Waals surface area contributed by atoms with Crippen molar-refractivity contribution in [1.29, 1.82) is 0 Å². The van der Waals surface area contributed by atoms with E-state index in [1.165, 1.54) is 11.8 Å². The summed E-state index contributed by atoms with van der Waals surface area (Å²) in [5.74, 6) is -2.19. The Morgan fingerprint density at radius 2 is 2.22 bits per heavy atom. The first-order valence-electron chi connectivity index (χ1n) is 2.76. The van der Waals surface area contributed by atoms with Crippen LogP contribution in [0.5, 0.6) is 0 Å². The third kappa shape index (κ3) is 1.55. The topological polar surface area (TPSA) is 20.2 Å². The minimum atomic E-state index is -2.83. The number of hydrogen-bond donors (Lipinski definition) is 1. The number of alkyl halides is 2. The van der Waals surface area contributed by atoms with Gasteiger partial charge in [0.15, 0.2) is 0 Å². The number of rotatable bonds is 0. The lowest BCUT2D eigenvalue weighted by atomic mass is 10.1. The van der Waals surface area contributed by atoms with Crippen molar-refractivity contribution >= 4 is 11.8 Å². The zero-order chi connectivity index (χ0) is 6.91. The molecule has 1 heterocycles. The predicted octanol–water partition coefficient (Wildman–Crippen LogP) is 1.12. The second-order valence-corrected chi connectivity index (χ2v) is 3.25. The van der Waals surface area contributed by atoms with Gasteiger partial charge in [-0.15, -0.1) is 0 Å².